The molecule has 0 atom stereocenters. The number of nitrogens with zero attached hydrogens (tertiary/aromatic N) is 2. The van der Waals surface area contributed by atoms with Crippen molar-refractivity contribution in [1.82, 2.24) is 9.55 Å². The third kappa shape index (κ3) is 2.59. The number of hydrogen-bond acceptors (Lipinski definition) is 2. The molecule has 0 amide bonds. The first-order valence-corrected chi connectivity index (χ1v) is 6.18. The SMILES string of the molecule is Cc1nc(-c2ccc(F)cc2F)c(N)n1CC(C)C. The third-order valence-electron chi connectivity index (χ3n) is 2.93. The zero-order valence-corrected chi connectivity index (χ0v) is 11.2. The summed E-state index contributed by atoms with van der Waals surface area (Å²) in [5.74, 6) is 0.279. The van der Waals surface area contributed by atoms with Crippen LogP contribution in [0.2, 0.25) is 0 Å². The average Bonchev–Trinajstić information content (AvgIpc) is 2.57. The Hall–Kier alpha value is -1.91. The molecule has 1 heterocycles. The van der Waals surface area contributed by atoms with Crippen LogP contribution in [0.4, 0.5) is 14.6 Å². The van der Waals surface area contributed by atoms with Gasteiger partial charge in [-0.05, 0) is 25.0 Å². The van der Waals surface area contributed by atoms with E-state index in [0.717, 1.165) is 11.9 Å². The summed E-state index contributed by atoms with van der Waals surface area (Å²) in [6, 6.07) is 3.41. The van der Waals surface area contributed by atoms with Gasteiger partial charge in [-0.1, -0.05) is 13.8 Å². The van der Waals surface area contributed by atoms with Crippen molar-refractivity contribution in [2.24, 2.45) is 5.92 Å². The van der Waals surface area contributed by atoms with Crippen LogP contribution in [-0.4, -0.2) is 9.55 Å². The summed E-state index contributed by atoms with van der Waals surface area (Å²) in [6.07, 6.45) is 0. The van der Waals surface area contributed by atoms with Gasteiger partial charge in [0.2, 0.25) is 0 Å². The van der Waals surface area contributed by atoms with Gasteiger partial charge in [0.05, 0.1) is 0 Å². The molecule has 19 heavy (non-hydrogen) atoms. The Morgan fingerprint density at radius 2 is 2.00 bits per heavy atom. The van der Waals surface area contributed by atoms with Gasteiger partial charge in [0.25, 0.3) is 0 Å². The van der Waals surface area contributed by atoms with Gasteiger partial charge in [-0.15, -0.1) is 0 Å². The van der Waals surface area contributed by atoms with E-state index in [-0.39, 0.29) is 5.56 Å². The molecule has 0 aliphatic carbocycles. The van der Waals surface area contributed by atoms with Crippen molar-refractivity contribution >= 4 is 5.82 Å². The maximum absolute atomic E-state index is 13.8. The molecule has 0 radical (unpaired) electrons. The number of imidazole rings is 1. The Morgan fingerprint density at radius 1 is 1.32 bits per heavy atom. The van der Waals surface area contributed by atoms with Crippen LogP contribution in [0, 0.1) is 24.5 Å². The van der Waals surface area contributed by atoms with Gasteiger partial charge in [-0.2, -0.15) is 0 Å². The molecule has 0 bridgehead atoms. The molecule has 0 unspecified atom stereocenters. The molecule has 2 aromatic rings. The van der Waals surface area contributed by atoms with Crippen molar-refractivity contribution in [3.63, 3.8) is 0 Å². The molecular weight excluding hydrogens is 248 g/mol. The highest BCUT2D eigenvalue weighted by atomic mass is 19.1. The fraction of sp³-hybridized carbons (Fsp3) is 0.357. The Bertz CT molecular complexity index is 603. The minimum absolute atomic E-state index is 0.226. The number of anilines is 1. The Balaban J connectivity index is 2.51. The first-order valence-electron chi connectivity index (χ1n) is 6.18. The van der Waals surface area contributed by atoms with Crippen LogP contribution in [-0.2, 0) is 6.54 Å². The number of nitrogen functional groups attached to an aromatic ring is 1. The minimum atomic E-state index is -0.652. The van der Waals surface area contributed by atoms with E-state index in [9.17, 15) is 8.78 Å². The lowest BCUT2D eigenvalue weighted by molar-refractivity contribution is 0.518. The number of rotatable bonds is 3. The highest BCUT2D eigenvalue weighted by molar-refractivity contribution is 5.71. The summed E-state index contributed by atoms with van der Waals surface area (Å²) in [5.41, 5.74) is 6.63. The monoisotopic (exact) mass is 265 g/mol. The van der Waals surface area contributed by atoms with E-state index in [1.54, 1.807) is 0 Å². The lowest BCUT2D eigenvalue weighted by Gasteiger charge is -2.10. The molecule has 0 fully saturated rings. The molecule has 1 aromatic carbocycles. The van der Waals surface area contributed by atoms with Crippen LogP contribution in [0.15, 0.2) is 18.2 Å². The lowest BCUT2D eigenvalue weighted by atomic mass is 10.1. The standard InChI is InChI=1S/C14H17F2N3/c1-8(2)7-19-9(3)18-13(14(19)17)11-5-4-10(15)6-12(11)16/h4-6,8H,7,17H2,1-3H3. The smallest absolute Gasteiger partial charge is 0.135 e. The molecule has 0 aliphatic rings. The number of aromatic nitrogens is 2. The van der Waals surface area contributed by atoms with Gasteiger partial charge in [0, 0.05) is 18.2 Å². The summed E-state index contributed by atoms with van der Waals surface area (Å²) >= 11 is 0. The van der Waals surface area contributed by atoms with Gasteiger partial charge in [0.1, 0.15) is 29.0 Å². The summed E-state index contributed by atoms with van der Waals surface area (Å²) < 4.78 is 28.5. The second-order valence-corrected chi connectivity index (χ2v) is 5.02. The molecule has 5 heteroatoms. The molecule has 102 valence electrons. The van der Waals surface area contributed by atoms with Crippen LogP contribution < -0.4 is 5.73 Å². The fourth-order valence-electron chi connectivity index (χ4n) is 2.06. The number of aryl methyl sites for hydroxylation is 1. The van der Waals surface area contributed by atoms with E-state index in [0.29, 0.717) is 24.0 Å². The van der Waals surface area contributed by atoms with Crippen LogP contribution in [0.25, 0.3) is 11.3 Å². The van der Waals surface area contributed by atoms with Crippen LogP contribution in [0.3, 0.4) is 0 Å². The summed E-state index contributed by atoms with van der Waals surface area (Å²) in [7, 11) is 0. The predicted molar refractivity (Wildman–Crippen MR) is 71.6 cm³/mol. The lowest BCUT2D eigenvalue weighted by Crippen LogP contribution is -2.09. The first kappa shape index (κ1) is 13.5. The molecule has 2 rings (SSSR count). The maximum Gasteiger partial charge on any atom is 0.135 e. The molecular formula is C14H17F2N3. The van der Waals surface area contributed by atoms with Crippen molar-refractivity contribution in [3.8, 4) is 11.3 Å². The highest BCUT2D eigenvalue weighted by Gasteiger charge is 2.17. The van der Waals surface area contributed by atoms with E-state index in [4.69, 9.17) is 5.73 Å². The summed E-state index contributed by atoms with van der Waals surface area (Å²) in [5, 5.41) is 0. The van der Waals surface area contributed by atoms with Gasteiger partial charge in [-0.25, -0.2) is 13.8 Å². The summed E-state index contributed by atoms with van der Waals surface area (Å²) in [6.45, 7) is 6.67. The van der Waals surface area contributed by atoms with Crippen molar-refractivity contribution in [2.45, 2.75) is 27.3 Å². The van der Waals surface area contributed by atoms with E-state index < -0.39 is 11.6 Å². The Kier molecular flexibility index (Phi) is 3.55. The number of nitrogens with two attached hydrogens (primary N) is 1. The Morgan fingerprint density at radius 3 is 2.58 bits per heavy atom. The summed E-state index contributed by atoms with van der Waals surface area (Å²) in [4.78, 5) is 4.30. The van der Waals surface area contributed by atoms with Crippen molar-refractivity contribution in [3.05, 3.63) is 35.7 Å². The molecule has 3 nitrogen and oxygen atoms in total. The topological polar surface area (TPSA) is 43.8 Å². The predicted octanol–water partition coefficient (Wildman–Crippen LogP) is 3.37. The second-order valence-electron chi connectivity index (χ2n) is 5.02. The van der Waals surface area contributed by atoms with Gasteiger partial charge in [0.15, 0.2) is 0 Å². The van der Waals surface area contributed by atoms with Crippen molar-refractivity contribution < 1.29 is 8.78 Å². The molecule has 0 saturated carbocycles. The average molecular weight is 265 g/mol. The second kappa shape index (κ2) is 4.99. The highest BCUT2D eigenvalue weighted by Crippen LogP contribution is 2.29. The van der Waals surface area contributed by atoms with E-state index in [1.807, 2.05) is 11.5 Å². The first-order chi connectivity index (χ1) is 8.90. The van der Waals surface area contributed by atoms with E-state index in [2.05, 4.69) is 18.8 Å². The van der Waals surface area contributed by atoms with E-state index in [1.165, 1.54) is 12.1 Å². The number of hydrogen-bond donors (Lipinski definition) is 1. The van der Waals surface area contributed by atoms with Crippen molar-refractivity contribution in [1.29, 1.82) is 0 Å². The van der Waals surface area contributed by atoms with Gasteiger partial charge < -0.3 is 10.3 Å². The molecule has 0 saturated heterocycles. The van der Waals surface area contributed by atoms with E-state index >= 15 is 0 Å². The molecule has 0 spiro atoms. The van der Waals surface area contributed by atoms with Gasteiger partial charge >= 0.3 is 0 Å². The zero-order valence-electron chi connectivity index (χ0n) is 11.2. The number of benzene rings is 1. The Labute approximate surface area is 111 Å². The normalized spacial score (nSPS) is 11.3. The quantitative estimate of drug-likeness (QED) is 0.924. The van der Waals surface area contributed by atoms with Crippen LogP contribution in [0.5, 0.6) is 0 Å². The maximum atomic E-state index is 13.8. The third-order valence-corrected chi connectivity index (χ3v) is 2.93. The van der Waals surface area contributed by atoms with Crippen LogP contribution in [0.1, 0.15) is 19.7 Å². The molecule has 1 aromatic heterocycles. The minimum Gasteiger partial charge on any atom is -0.383 e. The molecule has 0 aliphatic heterocycles. The van der Waals surface area contributed by atoms with Crippen molar-refractivity contribution in [2.75, 3.05) is 5.73 Å². The number of halogens is 2. The fourth-order valence-corrected chi connectivity index (χ4v) is 2.06. The van der Waals surface area contributed by atoms with Gasteiger partial charge in [-0.3, -0.25) is 0 Å². The largest absolute Gasteiger partial charge is 0.383 e. The van der Waals surface area contributed by atoms with Crippen LogP contribution >= 0.6 is 0 Å². The molecule has 2 N–H and O–H groups in total. The zero-order chi connectivity index (χ0) is 14.2.